The van der Waals surface area contributed by atoms with Crippen LogP contribution < -0.4 is 5.32 Å². The molecule has 1 aliphatic heterocycles. The van der Waals surface area contributed by atoms with Gasteiger partial charge in [-0.05, 0) is 25.9 Å². The number of hydrogen-bond donors (Lipinski definition) is 1. The number of alkyl halides is 3. The average Bonchev–Trinajstić information content (AvgIpc) is 2.85. The molecule has 1 N–H and O–H groups in total. The molecule has 1 aliphatic carbocycles. The van der Waals surface area contributed by atoms with E-state index in [9.17, 15) is 18.0 Å². The van der Waals surface area contributed by atoms with Gasteiger partial charge in [0.05, 0.1) is 0 Å². The summed E-state index contributed by atoms with van der Waals surface area (Å²) in [6.07, 6.45) is -3.71. The lowest BCUT2D eigenvalue weighted by Crippen LogP contribution is -2.38. The van der Waals surface area contributed by atoms with Gasteiger partial charge in [0.25, 0.3) is 0 Å². The van der Waals surface area contributed by atoms with E-state index in [1.807, 2.05) is 0 Å². The Balaban J connectivity index is 2.09. The van der Waals surface area contributed by atoms with Crippen LogP contribution in [0.1, 0.15) is 19.3 Å². The van der Waals surface area contributed by atoms with E-state index in [0.29, 0.717) is 25.9 Å². The summed E-state index contributed by atoms with van der Waals surface area (Å²) in [6, 6.07) is 1.75. The second-order valence-corrected chi connectivity index (χ2v) is 4.53. The van der Waals surface area contributed by atoms with Crippen molar-refractivity contribution in [2.75, 3.05) is 13.1 Å². The van der Waals surface area contributed by atoms with Crippen LogP contribution in [-0.2, 0) is 9.53 Å². The number of hydrogen-bond acceptors (Lipinski definition) is 4. The van der Waals surface area contributed by atoms with Crippen LogP contribution in [0.3, 0.4) is 0 Å². The van der Waals surface area contributed by atoms with Gasteiger partial charge in [0.15, 0.2) is 0 Å². The van der Waals surface area contributed by atoms with Crippen molar-refractivity contribution in [3.05, 3.63) is 0 Å². The van der Waals surface area contributed by atoms with Crippen molar-refractivity contribution in [1.29, 1.82) is 5.26 Å². The SMILES string of the molecule is N#CC1(OC(=O)C(F)(F)F)CC12CCNCC2. The quantitative estimate of drug-likeness (QED) is 0.706. The predicted octanol–water partition coefficient (Wildman–Crippen LogP) is 1.13. The number of piperidine rings is 1. The smallest absolute Gasteiger partial charge is 0.436 e. The molecule has 1 saturated heterocycles. The summed E-state index contributed by atoms with van der Waals surface area (Å²) in [6.45, 7) is 1.26. The standard InChI is InChI=1S/C10H11F3N2O2/c11-10(12,13)7(16)17-9(6-14)5-8(9)1-3-15-4-2-8/h15H,1-5H2. The van der Waals surface area contributed by atoms with Crippen molar-refractivity contribution < 1.29 is 22.7 Å². The minimum Gasteiger partial charge on any atom is -0.436 e. The number of esters is 1. The van der Waals surface area contributed by atoms with E-state index in [0.717, 1.165) is 0 Å². The Morgan fingerprint density at radius 3 is 2.41 bits per heavy atom. The fourth-order valence-electron chi connectivity index (χ4n) is 2.46. The molecule has 1 saturated carbocycles. The normalized spacial score (nSPS) is 30.7. The van der Waals surface area contributed by atoms with Crippen LogP contribution in [0.4, 0.5) is 13.2 Å². The van der Waals surface area contributed by atoms with E-state index in [4.69, 9.17) is 5.26 Å². The van der Waals surface area contributed by atoms with Crippen molar-refractivity contribution in [1.82, 2.24) is 5.32 Å². The lowest BCUT2D eigenvalue weighted by atomic mass is 9.91. The summed E-state index contributed by atoms with van der Waals surface area (Å²) < 4.78 is 40.7. The van der Waals surface area contributed by atoms with Gasteiger partial charge in [-0.1, -0.05) is 0 Å². The molecule has 0 bridgehead atoms. The van der Waals surface area contributed by atoms with Crippen molar-refractivity contribution >= 4 is 5.97 Å². The molecule has 0 amide bonds. The third-order valence-electron chi connectivity index (χ3n) is 3.56. The van der Waals surface area contributed by atoms with Crippen molar-refractivity contribution in [3.63, 3.8) is 0 Å². The van der Waals surface area contributed by atoms with Crippen molar-refractivity contribution in [3.8, 4) is 6.07 Å². The van der Waals surface area contributed by atoms with Gasteiger partial charge in [-0.2, -0.15) is 18.4 Å². The first-order chi connectivity index (χ1) is 7.85. The van der Waals surface area contributed by atoms with Gasteiger partial charge in [0, 0.05) is 11.8 Å². The number of carbonyl (C=O) groups excluding carboxylic acids is 1. The Kier molecular flexibility index (Phi) is 2.58. The highest BCUT2D eigenvalue weighted by molar-refractivity contribution is 5.77. The maximum atomic E-state index is 12.1. The second-order valence-electron chi connectivity index (χ2n) is 4.53. The van der Waals surface area contributed by atoms with Gasteiger partial charge in [-0.3, -0.25) is 0 Å². The molecule has 0 aromatic carbocycles. The van der Waals surface area contributed by atoms with E-state index in [1.54, 1.807) is 6.07 Å². The number of nitriles is 1. The summed E-state index contributed by atoms with van der Waals surface area (Å²) in [7, 11) is 0. The molecular formula is C10H11F3N2O2. The number of carbonyl (C=O) groups is 1. The van der Waals surface area contributed by atoms with E-state index in [1.165, 1.54) is 0 Å². The predicted molar refractivity (Wildman–Crippen MR) is 49.6 cm³/mol. The molecule has 2 fully saturated rings. The molecule has 1 unspecified atom stereocenters. The zero-order chi connectivity index (χ0) is 12.7. The number of rotatable bonds is 1. The van der Waals surface area contributed by atoms with E-state index < -0.39 is 23.2 Å². The average molecular weight is 248 g/mol. The van der Waals surface area contributed by atoms with Gasteiger partial charge in [-0.15, -0.1) is 0 Å². The van der Waals surface area contributed by atoms with Crippen LogP contribution in [0.2, 0.25) is 0 Å². The Morgan fingerprint density at radius 1 is 1.35 bits per heavy atom. The highest BCUT2D eigenvalue weighted by Gasteiger charge is 2.72. The Labute approximate surface area is 95.7 Å². The lowest BCUT2D eigenvalue weighted by molar-refractivity contribution is -0.206. The molecular weight excluding hydrogens is 237 g/mol. The van der Waals surface area contributed by atoms with Gasteiger partial charge in [-0.25, -0.2) is 4.79 Å². The summed E-state index contributed by atoms with van der Waals surface area (Å²) in [5.41, 5.74) is -2.14. The zero-order valence-corrected chi connectivity index (χ0v) is 8.93. The highest BCUT2D eigenvalue weighted by Crippen LogP contribution is 2.64. The van der Waals surface area contributed by atoms with Crippen LogP contribution in [0.5, 0.6) is 0 Å². The largest absolute Gasteiger partial charge is 0.490 e. The first kappa shape index (κ1) is 12.2. The lowest BCUT2D eigenvalue weighted by Gasteiger charge is -2.25. The van der Waals surface area contributed by atoms with Crippen molar-refractivity contribution in [2.24, 2.45) is 5.41 Å². The van der Waals surface area contributed by atoms with Crippen molar-refractivity contribution in [2.45, 2.75) is 31.0 Å². The first-order valence-electron chi connectivity index (χ1n) is 5.27. The van der Waals surface area contributed by atoms with Crippen LogP contribution in [-0.4, -0.2) is 30.8 Å². The zero-order valence-electron chi connectivity index (χ0n) is 8.93. The molecule has 2 rings (SSSR count). The Bertz CT molecular complexity index is 382. The van der Waals surface area contributed by atoms with Gasteiger partial charge < -0.3 is 10.1 Å². The Morgan fingerprint density at radius 2 is 1.94 bits per heavy atom. The van der Waals surface area contributed by atoms with E-state index in [-0.39, 0.29) is 6.42 Å². The maximum Gasteiger partial charge on any atom is 0.490 e. The van der Waals surface area contributed by atoms with E-state index >= 15 is 0 Å². The third kappa shape index (κ3) is 1.86. The monoisotopic (exact) mass is 248 g/mol. The molecule has 94 valence electrons. The summed E-state index contributed by atoms with van der Waals surface area (Å²) in [4.78, 5) is 10.8. The molecule has 1 heterocycles. The molecule has 4 nitrogen and oxygen atoms in total. The fraction of sp³-hybridized carbons (Fsp3) is 0.800. The molecule has 0 aromatic heterocycles. The topological polar surface area (TPSA) is 62.1 Å². The van der Waals surface area contributed by atoms with Crippen LogP contribution in [0, 0.1) is 16.7 Å². The van der Waals surface area contributed by atoms with Gasteiger partial charge in [0.1, 0.15) is 6.07 Å². The Hall–Kier alpha value is -1.29. The number of halogens is 3. The highest BCUT2D eigenvalue weighted by atomic mass is 19.4. The molecule has 7 heteroatoms. The van der Waals surface area contributed by atoms with Crippen LogP contribution in [0.15, 0.2) is 0 Å². The maximum absolute atomic E-state index is 12.1. The summed E-state index contributed by atoms with van der Waals surface area (Å²) in [5, 5.41) is 12.0. The molecule has 2 aliphatic rings. The minimum atomic E-state index is -5.04. The first-order valence-corrected chi connectivity index (χ1v) is 5.27. The number of nitrogens with one attached hydrogen (secondary N) is 1. The van der Waals surface area contributed by atoms with Gasteiger partial charge in [0.2, 0.25) is 5.60 Å². The number of nitrogens with zero attached hydrogens (tertiary/aromatic N) is 1. The summed E-state index contributed by atoms with van der Waals surface area (Å²) in [5.74, 6) is -2.27. The molecule has 0 radical (unpaired) electrons. The second kappa shape index (κ2) is 3.60. The van der Waals surface area contributed by atoms with Gasteiger partial charge >= 0.3 is 12.1 Å². The van der Waals surface area contributed by atoms with E-state index in [2.05, 4.69) is 10.1 Å². The van der Waals surface area contributed by atoms with Crippen LogP contribution >= 0.6 is 0 Å². The molecule has 1 spiro atoms. The van der Waals surface area contributed by atoms with Crippen LogP contribution in [0.25, 0.3) is 0 Å². The molecule has 17 heavy (non-hydrogen) atoms. The third-order valence-corrected chi connectivity index (χ3v) is 3.56. The molecule has 0 aromatic rings. The summed E-state index contributed by atoms with van der Waals surface area (Å²) >= 11 is 0. The minimum absolute atomic E-state index is 0.208. The fourth-order valence-corrected chi connectivity index (χ4v) is 2.46. The molecule has 1 atom stereocenters. The number of ether oxygens (including phenoxy) is 1.